The molecule has 2 heterocycles. The van der Waals surface area contributed by atoms with Crippen molar-refractivity contribution >= 4 is 38.4 Å². The van der Waals surface area contributed by atoms with Gasteiger partial charge in [0.25, 0.3) is 0 Å². The molecule has 1 aromatic heterocycles. The fraction of sp³-hybridized carbons (Fsp3) is 0.810. The van der Waals surface area contributed by atoms with Gasteiger partial charge in [-0.1, -0.05) is 41.5 Å². The average molecular weight is 535 g/mol. The first-order valence-electron chi connectivity index (χ1n) is 10.8. The summed E-state index contributed by atoms with van der Waals surface area (Å²) in [5, 5.41) is 0.0325. The minimum Gasteiger partial charge on any atom is -0.409 e. The zero-order chi connectivity index (χ0) is 24.2. The quantitative estimate of drug-likeness (QED) is 0.517. The summed E-state index contributed by atoms with van der Waals surface area (Å²) in [6.07, 6.45) is 0.0369. The van der Waals surface area contributed by atoms with Crippen molar-refractivity contribution in [3.05, 3.63) is 21.2 Å². The number of rotatable bonds is 5. The first-order valence-corrected chi connectivity index (χ1v) is 17.4. The van der Waals surface area contributed by atoms with Gasteiger partial charge in [0.15, 0.2) is 22.9 Å². The topological polar surface area (TPSA) is 88.6 Å². The van der Waals surface area contributed by atoms with Crippen LogP contribution in [-0.2, 0) is 13.6 Å². The van der Waals surface area contributed by atoms with Crippen LogP contribution in [0.4, 0.5) is 5.82 Å². The third-order valence-corrected chi connectivity index (χ3v) is 16.7. The number of anilines is 1. The highest BCUT2D eigenvalue weighted by Crippen LogP contribution is 2.45. The molecular weight excluding hydrogens is 494 g/mol. The third-order valence-electron chi connectivity index (χ3n) is 7.10. The van der Waals surface area contributed by atoms with E-state index in [0.29, 0.717) is 4.47 Å². The number of aromatic nitrogens is 2. The second-order valence-corrected chi connectivity index (χ2v) is 21.9. The van der Waals surface area contributed by atoms with E-state index in [9.17, 15) is 4.79 Å². The lowest BCUT2D eigenvalue weighted by Gasteiger charge is -2.44. The first-order chi connectivity index (χ1) is 13.8. The molecule has 0 aromatic carbocycles. The van der Waals surface area contributed by atoms with E-state index in [1.54, 1.807) is 6.20 Å². The summed E-state index contributed by atoms with van der Waals surface area (Å²) in [6, 6.07) is 0. The van der Waals surface area contributed by atoms with Crippen molar-refractivity contribution in [2.75, 3.05) is 5.73 Å². The Morgan fingerprint density at radius 2 is 1.48 bits per heavy atom. The maximum Gasteiger partial charge on any atom is 0.351 e. The standard InChI is InChI=1S/C21H40BrN3O4Si2/c1-13-15(28-30(8,9)20(2,3)4)16(29-31(10,11)21(5,6)7)18(27-13)25-12-14(22)17(23)24-19(25)26/h12-13,15-16,18H,1-11H3,(H2,23,24,26)/t13-,15-,16-,18-/m1/s1. The number of ether oxygens (including phenoxy) is 1. The van der Waals surface area contributed by atoms with E-state index >= 15 is 0 Å². The Labute approximate surface area is 197 Å². The SMILES string of the molecule is C[C@H]1O[C@@H](n2cc(Br)c(N)nc2=O)[C@H](O[Si](C)(C)C(C)(C)C)[C@@H]1O[Si](C)(C)C(C)(C)C. The Hall–Kier alpha value is -0.526. The monoisotopic (exact) mass is 533 g/mol. The highest BCUT2D eigenvalue weighted by Gasteiger charge is 2.53. The molecular formula is C21H40BrN3O4Si2. The number of nitrogen functional groups attached to an aromatic ring is 1. The van der Waals surface area contributed by atoms with Crippen molar-refractivity contribution in [1.29, 1.82) is 0 Å². The van der Waals surface area contributed by atoms with Crippen LogP contribution >= 0.6 is 15.9 Å². The molecule has 31 heavy (non-hydrogen) atoms. The Morgan fingerprint density at radius 3 is 1.94 bits per heavy atom. The number of nitrogens with two attached hydrogens (primary N) is 1. The number of halogens is 1. The van der Waals surface area contributed by atoms with Crippen LogP contribution in [0.25, 0.3) is 0 Å². The van der Waals surface area contributed by atoms with E-state index < -0.39 is 34.7 Å². The van der Waals surface area contributed by atoms with E-state index in [4.69, 9.17) is 19.3 Å². The summed E-state index contributed by atoms with van der Waals surface area (Å²) in [5.74, 6) is 0.156. The van der Waals surface area contributed by atoms with Crippen LogP contribution in [0, 0.1) is 0 Å². The predicted octanol–water partition coefficient (Wildman–Crippen LogP) is 5.29. The summed E-state index contributed by atoms with van der Waals surface area (Å²) in [4.78, 5) is 16.7. The van der Waals surface area contributed by atoms with Crippen molar-refractivity contribution in [3.63, 3.8) is 0 Å². The molecule has 2 N–H and O–H groups in total. The average Bonchev–Trinajstić information content (AvgIpc) is 2.84. The molecule has 1 fully saturated rings. The molecule has 0 radical (unpaired) electrons. The maximum atomic E-state index is 12.7. The van der Waals surface area contributed by atoms with Gasteiger partial charge in [-0.2, -0.15) is 4.98 Å². The molecule has 178 valence electrons. The van der Waals surface area contributed by atoms with Gasteiger partial charge >= 0.3 is 5.69 Å². The van der Waals surface area contributed by atoms with Crippen molar-refractivity contribution < 1.29 is 13.6 Å². The van der Waals surface area contributed by atoms with Gasteiger partial charge in [0.1, 0.15) is 18.0 Å². The molecule has 1 aliphatic rings. The van der Waals surface area contributed by atoms with Crippen molar-refractivity contribution in [3.8, 4) is 0 Å². The Balaban J connectivity index is 2.56. The van der Waals surface area contributed by atoms with Crippen LogP contribution in [-0.4, -0.2) is 44.5 Å². The minimum absolute atomic E-state index is 0.00415. The summed E-state index contributed by atoms with van der Waals surface area (Å²) in [5.41, 5.74) is 5.35. The summed E-state index contributed by atoms with van der Waals surface area (Å²) >= 11 is 3.39. The van der Waals surface area contributed by atoms with E-state index in [1.165, 1.54) is 4.57 Å². The van der Waals surface area contributed by atoms with E-state index in [2.05, 4.69) is 88.6 Å². The molecule has 4 atom stereocenters. The molecule has 0 bridgehead atoms. The van der Waals surface area contributed by atoms with Gasteiger partial charge < -0.3 is 19.3 Å². The molecule has 0 unspecified atom stereocenters. The van der Waals surface area contributed by atoms with Gasteiger partial charge in [-0.25, -0.2) is 4.79 Å². The Kier molecular flexibility index (Phi) is 7.48. The number of nitrogens with zero attached hydrogens (tertiary/aromatic N) is 2. The van der Waals surface area contributed by atoms with Crippen LogP contribution in [0.15, 0.2) is 15.5 Å². The molecule has 1 saturated heterocycles. The van der Waals surface area contributed by atoms with Crippen LogP contribution in [0.2, 0.25) is 36.3 Å². The molecule has 2 rings (SSSR count). The van der Waals surface area contributed by atoms with Gasteiger partial charge in [0, 0.05) is 6.20 Å². The largest absolute Gasteiger partial charge is 0.409 e. The fourth-order valence-electron chi connectivity index (χ4n) is 2.99. The van der Waals surface area contributed by atoms with Crippen LogP contribution in [0.5, 0.6) is 0 Å². The van der Waals surface area contributed by atoms with Crippen molar-refractivity contribution in [1.82, 2.24) is 9.55 Å². The summed E-state index contributed by atoms with van der Waals surface area (Å²) < 4.78 is 22.0. The molecule has 1 aromatic rings. The lowest BCUT2D eigenvalue weighted by molar-refractivity contribution is -0.0311. The van der Waals surface area contributed by atoms with E-state index in [0.717, 1.165) is 0 Å². The second kappa shape index (κ2) is 8.68. The zero-order valence-electron chi connectivity index (χ0n) is 20.9. The van der Waals surface area contributed by atoms with Gasteiger partial charge in [-0.3, -0.25) is 4.57 Å². The maximum absolute atomic E-state index is 12.7. The molecule has 0 spiro atoms. The zero-order valence-corrected chi connectivity index (χ0v) is 24.5. The Bertz CT molecular complexity index is 862. The number of hydrogen-bond acceptors (Lipinski definition) is 6. The molecule has 10 heteroatoms. The predicted molar refractivity (Wildman–Crippen MR) is 134 cm³/mol. The smallest absolute Gasteiger partial charge is 0.351 e. The van der Waals surface area contributed by atoms with Crippen molar-refractivity contribution in [2.24, 2.45) is 0 Å². The van der Waals surface area contributed by atoms with Crippen LogP contribution < -0.4 is 11.4 Å². The lowest BCUT2D eigenvalue weighted by atomic mass is 10.1. The highest BCUT2D eigenvalue weighted by molar-refractivity contribution is 9.10. The van der Waals surface area contributed by atoms with E-state index in [1.807, 2.05) is 6.92 Å². The van der Waals surface area contributed by atoms with Crippen LogP contribution in [0.1, 0.15) is 54.7 Å². The molecule has 0 amide bonds. The normalized spacial score (nSPS) is 25.8. The molecule has 1 aliphatic heterocycles. The van der Waals surface area contributed by atoms with Gasteiger partial charge in [0.05, 0.1) is 10.6 Å². The molecule has 7 nitrogen and oxygen atoms in total. The minimum atomic E-state index is -2.20. The summed E-state index contributed by atoms with van der Waals surface area (Å²) in [7, 11) is -4.31. The van der Waals surface area contributed by atoms with Crippen molar-refractivity contribution in [2.45, 2.75) is 109 Å². The fourth-order valence-corrected chi connectivity index (χ4v) is 5.94. The summed E-state index contributed by atoms with van der Waals surface area (Å²) in [6.45, 7) is 24.1. The highest BCUT2D eigenvalue weighted by atomic mass is 79.9. The first kappa shape index (κ1) is 26.7. The van der Waals surface area contributed by atoms with Crippen LogP contribution in [0.3, 0.4) is 0 Å². The Morgan fingerprint density at radius 1 is 1.03 bits per heavy atom. The molecule has 0 saturated carbocycles. The second-order valence-electron chi connectivity index (χ2n) is 11.6. The third kappa shape index (κ3) is 5.52. The van der Waals surface area contributed by atoms with Gasteiger partial charge in [-0.15, -0.1) is 0 Å². The molecule has 0 aliphatic carbocycles. The lowest BCUT2D eigenvalue weighted by Crippen LogP contribution is -2.53. The van der Waals surface area contributed by atoms with Gasteiger partial charge in [0.2, 0.25) is 0 Å². The van der Waals surface area contributed by atoms with E-state index in [-0.39, 0.29) is 28.1 Å². The van der Waals surface area contributed by atoms with Gasteiger partial charge in [-0.05, 0) is 59.1 Å². The number of hydrogen-bond donors (Lipinski definition) is 1.